The summed E-state index contributed by atoms with van der Waals surface area (Å²) in [6, 6.07) is 3.30. The summed E-state index contributed by atoms with van der Waals surface area (Å²) in [7, 11) is 0. The SMILES string of the molecule is CC(C)C1CCN(c2cc(F)c(I)cc2N)CC1. The van der Waals surface area contributed by atoms with Gasteiger partial charge in [-0.05, 0) is 53.3 Å². The van der Waals surface area contributed by atoms with E-state index < -0.39 is 0 Å². The van der Waals surface area contributed by atoms with Crippen molar-refractivity contribution in [3.8, 4) is 0 Å². The molecule has 2 nitrogen and oxygen atoms in total. The molecule has 0 atom stereocenters. The molecule has 1 aliphatic heterocycles. The van der Waals surface area contributed by atoms with Gasteiger partial charge in [0.05, 0.1) is 14.9 Å². The lowest BCUT2D eigenvalue weighted by Crippen LogP contribution is -2.35. The molecule has 2 N–H and O–H groups in total. The minimum Gasteiger partial charge on any atom is -0.397 e. The van der Waals surface area contributed by atoms with Crippen molar-refractivity contribution >= 4 is 34.0 Å². The number of hydrogen-bond donors (Lipinski definition) is 1. The van der Waals surface area contributed by atoms with Gasteiger partial charge in [0.15, 0.2) is 0 Å². The zero-order valence-electron chi connectivity index (χ0n) is 10.9. The summed E-state index contributed by atoms with van der Waals surface area (Å²) in [4.78, 5) is 2.22. The van der Waals surface area contributed by atoms with Crippen LogP contribution >= 0.6 is 22.6 Å². The molecule has 1 fully saturated rings. The zero-order valence-corrected chi connectivity index (χ0v) is 13.1. The summed E-state index contributed by atoms with van der Waals surface area (Å²) < 4.78 is 14.2. The van der Waals surface area contributed by atoms with Gasteiger partial charge in [-0.2, -0.15) is 0 Å². The third-order valence-electron chi connectivity index (χ3n) is 3.89. The van der Waals surface area contributed by atoms with E-state index in [2.05, 4.69) is 18.7 Å². The number of benzene rings is 1. The monoisotopic (exact) mass is 362 g/mol. The molecule has 0 bridgehead atoms. The first kappa shape index (κ1) is 13.9. The van der Waals surface area contributed by atoms with Gasteiger partial charge < -0.3 is 10.6 Å². The molecule has 0 spiro atoms. The number of hydrogen-bond acceptors (Lipinski definition) is 2. The highest BCUT2D eigenvalue weighted by Gasteiger charge is 2.23. The fraction of sp³-hybridized carbons (Fsp3) is 0.571. The van der Waals surface area contributed by atoms with Crippen molar-refractivity contribution in [3.63, 3.8) is 0 Å². The quantitative estimate of drug-likeness (QED) is 0.639. The minimum atomic E-state index is -0.175. The van der Waals surface area contributed by atoms with Crippen molar-refractivity contribution in [2.45, 2.75) is 26.7 Å². The Bertz CT molecular complexity index is 426. The standard InChI is InChI=1S/C14H20FIN2/c1-9(2)10-3-5-18(6-4-10)14-7-11(15)12(16)8-13(14)17/h7-10H,3-6,17H2,1-2H3. The van der Waals surface area contributed by atoms with Crippen molar-refractivity contribution in [2.75, 3.05) is 23.7 Å². The van der Waals surface area contributed by atoms with Crippen molar-refractivity contribution < 1.29 is 4.39 Å². The number of nitrogen functional groups attached to an aromatic ring is 1. The van der Waals surface area contributed by atoms with E-state index in [-0.39, 0.29) is 5.82 Å². The smallest absolute Gasteiger partial charge is 0.138 e. The number of nitrogens with two attached hydrogens (primary N) is 1. The Morgan fingerprint density at radius 1 is 1.33 bits per heavy atom. The first-order chi connectivity index (χ1) is 8.49. The van der Waals surface area contributed by atoms with Crippen molar-refractivity contribution in [2.24, 2.45) is 11.8 Å². The molecule has 1 aliphatic rings. The van der Waals surface area contributed by atoms with Gasteiger partial charge in [0.2, 0.25) is 0 Å². The van der Waals surface area contributed by atoms with Crippen LogP contribution in [-0.4, -0.2) is 13.1 Å². The lowest BCUT2D eigenvalue weighted by atomic mass is 9.86. The number of halogens is 2. The minimum absolute atomic E-state index is 0.175. The van der Waals surface area contributed by atoms with E-state index in [0.717, 1.165) is 30.6 Å². The van der Waals surface area contributed by atoms with Crippen molar-refractivity contribution in [3.05, 3.63) is 21.5 Å². The molecular formula is C14H20FIN2. The molecular weight excluding hydrogens is 342 g/mol. The van der Waals surface area contributed by atoms with Gasteiger partial charge in [-0.3, -0.25) is 0 Å². The Hall–Kier alpha value is -0.520. The molecule has 0 unspecified atom stereocenters. The maximum atomic E-state index is 13.6. The predicted octanol–water partition coefficient (Wildman–Crippen LogP) is 3.88. The number of rotatable bonds is 2. The van der Waals surface area contributed by atoms with E-state index in [4.69, 9.17) is 5.73 Å². The highest BCUT2D eigenvalue weighted by molar-refractivity contribution is 14.1. The molecule has 2 rings (SSSR count). The summed E-state index contributed by atoms with van der Waals surface area (Å²) >= 11 is 1.98. The highest BCUT2D eigenvalue weighted by atomic mass is 127. The van der Waals surface area contributed by atoms with E-state index in [9.17, 15) is 4.39 Å². The van der Waals surface area contributed by atoms with Crippen LogP contribution in [0.25, 0.3) is 0 Å². The number of piperidine rings is 1. The van der Waals surface area contributed by atoms with Gasteiger partial charge in [0, 0.05) is 19.2 Å². The van der Waals surface area contributed by atoms with E-state index in [1.807, 2.05) is 22.6 Å². The highest BCUT2D eigenvalue weighted by Crippen LogP contribution is 2.32. The van der Waals surface area contributed by atoms with Gasteiger partial charge in [-0.1, -0.05) is 13.8 Å². The normalized spacial score (nSPS) is 17.5. The second-order valence-electron chi connectivity index (χ2n) is 5.39. The topological polar surface area (TPSA) is 29.3 Å². The largest absolute Gasteiger partial charge is 0.397 e. The van der Waals surface area contributed by atoms with E-state index in [1.54, 1.807) is 12.1 Å². The van der Waals surface area contributed by atoms with Crippen molar-refractivity contribution in [1.82, 2.24) is 0 Å². The molecule has 0 aliphatic carbocycles. The Balaban J connectivity index is 2.12. The van der Waals surface area contributed by atoms with Gasteiger partial charge in [-0.15, -0.1) is 0 Å². The lowest BCUT2D eigenvalue weighted by Gasteiger charge is -2.36. The van der Waals surface area contributed by atoms with Crippen LogP contribution in [0, 0.1) is 21.2 Å². The molecule has 0 amide bonds. The average Bonchev–Trinajstić information content (AvgIpc) is 2.34. The van der Waals surface area contributed by atoms with Gasteiger partial charge in [-0.25, -0.2) is 4.39 Å². The van der Waals surface area contributed by atoms with Gasteiger partial charge in [0.1, 0.15) is 5.82 Å². The van der Waals surface area contributed by atoms with Crippen LogP contribution in [0.1, 0.15) is 26.7 Å². The third kappa shape index (κ3) is 2.90. The summed E-state index contributed by atoms with van der Waals surface area (Å²) in [5.41, 5.74) is 7.54. The Morgan fingerprint density at radius 2 is 1.94 bits per heavy atom. The molecule has 1 saturated heterocycles. The second kappa shape index (κ2) is 5.63. The van der Waals surface area contributed by atoms with Crippen LogP contribution in [0.2, 0.25) is 0 Å². The first-order valence-corrected chi connectivity index (χ1v) is 7.56. The lowest BCUT2D eigenvalue weighted by molar-refractivity contribution is 0.311. The molecule has 4 heteroatoms. The molecule has 18 heavy (non-hydrogen) atoms. The van der Waals surface area contributed by atoms with Gasteiger partial charge >= 0.3 is 0 Å². The van der Waals surface area contributed by atoms with Crippen LogP contribution < -0.4 is 10.6 Å². The van der Waals surface area contributed by atoms with E-state index in [1.165, 1.54) is 12.8 Å². The summed E-state index contributed by atoms with van der Waals surface area (Å²) in [5.74, 6) is 1.35. The maximum absolute atomic E-state index is 13.6. The summed E-state index contributed by atoms with van der Waals surface area (Å²) in [6.45, 7) is 6.51. The first-order valence-electron chi connectivity index (χ1n) is 6.48. The molecule has 100 valence electrons. The number of nitrogens with zero attached hydrogens (tertiary/aromatic N) is 1. The zero-order chi connectivity index (χ0) is 13.3. The fourth-order valence-corrected chi connectivity index (χ4v) is 3.12. The molecule has 0 radical (unpaired) electrons. The van der Waals surface area contributed by atoms with Crippen LogP contribution in [0.5, 0.6) is 0 Å². The third-order valence-corrected chi connectivity index (χ3v) is 4.72. The summed E-state index contributed by atoms with van der Waals surface area (Å²) in [5, 5.41) is 0. The summed E-state index contributed by atoms with van der Waals surface area (Å²) in [6.07, 6.45) is 2.34. The Kier molecular flexibility index (Phi) is 4.35. The second-order valence-corrected chi connectivity index (χ2v) is 6.56. The predicted molar refractivity (Wildman–Crippen MR) is 83.3 cm³/mol. The molecule has 0 saturated carbocycles. The van der Waals surface area contributed by atoms with Crippen LogP contribution in [0.3, 0.4) is 0 Å². The Morgan fingerprint density at radius 3 is 2.50 bits per heavy atom. The van der Waals surface area contributed by atoms with Gasteiger partial charge in [0.25, 0.3) is 0 Å². The van der Waals surface area contributed by atoms with Crippen LogP contribution in [-0.2, 0) is 0 Å². The fourth-order valence-electron chi connectivity index (χ4n) is 2.63. The van der Waals surface area contributed by atoms with Crippen LogP contribution in [0.15, 0.2) is 12.1 Å². The molecule has 1 aromatic rings. The van der Waals surface area contributed by atoms with E-state index in [0.29, 0.717) is 9.26 Å². The maximum Gasteiger partial charge on any atom is 0.138 e. The van der Waals surface area contributed by atoms with Crippen molar-refractivity contribution in [1.29, 1.82) is 0 Å². The molecule has 1 heterocycles. The molecule has 0 aromatic heterocycles. The molecule has 1 aromatic carbocycles. The van der Waals surface area contributed by atoms with Crippen LogP contribution in [0.4, 0.5) is 15.8 Å². The average molecular weight is 362 g/mol. The Labute approximate surface area is 122 Å². The van der Waals surface area contributed by atoms with E-state index >= 15 is 0 Å². The number of anilines is 2.